The fourth-order valence-electron chi connectivity index (χ4n) is 4.69. The summed E-state index contributed by atoms with van der Waals surface area (Å²) in [5.74, 6) is -1.76. The summed E-state index contributed by atoms with van der Waals surface area (Å²) in [5.41, 5.74) is 1.19. The van der Waals surface area contributed by atoms with Crippen molar-refractivity contribution in [1.82, 2.24) is 0 Å². The quantitative estimate of drug-likeness (QED) is 0.179. The number of carboxylic acid groups (broad SMARTS) is 2. The van der Waals surface area contributed by atoms with Gasteiger partial charge in [-0.05, 0) is 42.7 Å². The summed E-state index contributed by atoms with van der Waals surface area (Å²) in [7, 11) is 0. The SMILES string of the molecule is CCCCCCCCOc1cccc(C(CCCC(C)C)C(=O)O)c1C(CCCC(C)C)C(=O)O. The van der Waals surface area contributed by atoms with E-state index in [2.05, 4.69) is 34.6 Å². The molecule has 0 aliphatic heterocycles. The van der Waals surface area contributed by atoms with Gasteiger partial charge in [-0.15, -0.1) is 0 Å². The summed E-state index contributed by atoms with van der Waals surface area (Å²) in [5, 5.41) is 20.3. The van der Waals surface area contributed by atoms with Gasteiger partial charge >= 0.3 is 11.9 Å². The van der Waals surface area contributed by atoms with Crippen molar-refractivity contribution in [2.75, 3.05) is 6.61 Å². The van der Waals surface area contributed by atoms with Crippen LogP contribution in [0.2, 0.25) is 0 Å². The molecule has 0 saturated carbocycles. The van der Waals surface area contributed by atoms with Crippen molar-refractivity contribution in [3.63, 3.8) is 0 Å². The molecular formula is C30H50O5. The number of rotatable bonds is 20. The zero-order valence-electron chi connectivity index (χ0n) is 22.9. The summed E-state index contributed by atoms with van der Waals surface area (Å²) >= 11 is 0. The Balaban J connectivity index is 3.22. The molecule has 0 spiro atoms. The standard InChI is InChI=1S/C30H50O5/c1-6-7-8-9-10-11-21-35-27-20-14-17-24(25(29(31)32)18-12-15-22(2)3)28(27)26(30(33)34)19-13-16-23(4)5/h14,17,20,22-23,25-26H,6-13,15-16,18-19,21H2,1-5H3,(H,31,32)(H,33,34). The molecule has 0 radical (unpaired) electrons. The van der Waals surface area contributed by atoms with E-state index in [1.165, 1.54) is 25.7 Å². The Bertz CT molecular complexity index is 740. The molecule has 0 bridgehead atoms. The number of carboxylic acids is 2. The molecular weight excluding hydrogens is 440 g/mol. The van der Waals surface area contributed by atoms with Gasteiger partial charge in [0.2, 0.25) is 0 Å². The van der Waals surface area contributed by atoms with Crippen molar-refractivity contribution >= 4 is 11.9 Å². The van der Waals surface area contributed by atoms with Crippen LogP contribution in [0.1, 0.15) is 135 Å². The van der Waals surface area contributed by atoms with Crippen molar-refractivity contribution in [2.24, 2.45) is 11.8 Å². The van der Waals surface area contributed by atoms with Crippen LogP contribution in [0.25, 0.3) is 0 Å². The second-order valence-corrected chi connectivity index (χ2v) is 10.8. The number of benzene rings is 1. The van der Waals surface area contributed by atoms with Gasteiger partial charge in [-0.3, -0.25) is 9.59 Å². The minimum Gasteiger partial charge on any atom is -0.493 e. The Morgan fingerprint density at radius 1 is 0.743 bits per heavy atom. The highest BCUT2D eigenvalue weighted by molar-refractivity contribution is 5.82. The van der Waals surface area contributed by atoms with Crippen molar-refractivity contribution in [2.45, 2.75) is 124 Å². The van der Waals surface area contributed by atoms with Gasteiger partial charge < -0.3 is 14.9 Å². The van der Waals surface area contributed by atoms with Crippen LogP contribution in [0.5, 0.6) is 5.75 Å². The smallest absolute Gasteiger partial charge is 0.311 e. The Labute approximate surface area is 213 Å². The predicted octanol–water partition coefficient (Wildman–Crippen LogP) is 8.41. The number of unbranched alkanes of at least 4 members (excludes halogenated alkanes) is 5. The molecule has 0 heterocycles. The maximum absolute atomic E-state index is 12.4. The molecule has 35 heavy (non-hydrogen) atoms. The van der Waals surface area contributed by atoms with Gasteiger partial charge in [-0.25, -0.2) is 0 Å². The molecule has 2 atom stereocenters. The van der Waals surface area contributed by atoms with Crippen LogP contribution in [0.3, 0.4) is 0 Å². The van der Waals surface area contributed by atoms with E-state index in [-0.39, 0.29) is 0 Å². The highest BCUT2D eigenvalue weighted by Crippen LogP contribution is 2.39. The van der Waals surface area contributed by atoms with E-state index in [4.69, 9.17) is 4.74 Å². The lowest BCUT2D eigenvalue weighted by atomic mass is 9.81. The van der Waals surface area contributed by atoms with Crippen molar-refractivity contribution < 1.29 is 24.5 Å². The minimum absolute atomic E-state index is 0.482. The Morgan fingerprint density at radius 3 is 1.83 bits per heavy atom. The van der Waals surface area contributed by atoms with Crippen LogP contribution in [0.4, 0.5) is 0 Å². The topological polar surface area (TPSA) is 83.8 Å². The molecule has 1 rings (SSSR count). The van der Waals surface area contributed by atoms with Crippen LogP contribution < -0.4 is 4.74 Å². The van der Waals surface area contributed by atoms with Crippen LogP contribution >= 0.6 is 0 Å². The monoisotopic (exact) mass is 490 g/mol. The van der Waals surface area contributed by atoms with Crippen molar-refractivity contribution in [1.29, 1.82) is 0 Å². The Kier molecular flexibility index (Phi) is 15.4. The summed E-state index contributed by atoms with van der Waals surface area (Å²) in [6.07, 6.45) is 11.3. The van der Waals surface area contributed by atoms with E-state index in [0.29, 0.717) is 48.2 Å². The molecule has 1 aromatic rings. The maximum Gasteiger partial charge on any atom is 0.311 e. The molecule has 0 aliphatic carbocycles. The fourth-order valence-corrected chi connectivity index (χ4v) is 4.69. The number of carbonyl (C=O) groups is 2. The van der Waals surface area contributed by atoms with Crippen molar-refractivity contribution in [3.05, 3.63) is 29.3 Å². The first-order valence-corrected chi connectivity index (χ1v) is 13.9. The van der Waals surface area contributed by atoms with E-state index >= 15 is 0 Å². The van der Waals surface area contributed by atoms with Crippen LogP contribution in [0, 0.1) is 11.8 Å². The molecule has 0 amide bonds. The molecule has 0 aromatic heterocycles. The average molecular weight is 491 g/mol. The molecule has 0 fully saturated rings. The molecule has 200 valence electrons. The number of hydrogen-bond acceptors (Lipinski definition) is 3. The summed E-state index contributed by atoms with van der Waals surface area (Å²) in [4.78, 5) is 24.8. The summed E-state index contributed by atoms with van der Waals surface area (Å²) < 4.78 is 6.16. The maximum atomic E-state index is 12.4. The number of hydrogen-bond donors (Lipinski definition) is 2. The van der Waals surface area contributed by atoms with Gasteiger partial charge in [-0.1, -0.05) is 105 Å². The second kappa shape index (κ2) is 17.4. The highest BCUT2D eigenvalue weighted by atomic mass is 16.5. The average Bonchev–Trinajstić information content (AvgIpc) is 2.78. The van der Waals surface area contributed by atoms with Gasteiger partial charge in [0.15, 0.2) is 0 Å². The van der Waals surface area contributed by atoms with Gasteiger partial charge in [0.1, 0.15) is 5.75 Å². The number of aliphatic carboxylic acids is 2. The first-order valence-electron chi connectivity index (χ1n) is 13.9. The Hall–Kier alpha value is -2.04. The third-order valence-corrected chi connectivity index (χ3v) is 6.72. The first kappa shape index (κ1) is 31.0. The summed E-state index contributed by atoms with van der Waals surface area (Å²) in [6.45, 7) is 11.2. The van der Waals surface area contributed by atoms with Crippen molar-refractivity contribution in [3.8, 4) is 5.75 Å². The largest absolute Gasteiger partial charge is 0.493 e. The molecule has 2 N–H and O–H groups in total. The minimum atomic E-state index is -0.906. The van der Waals surface area contributed by atoms with E-state index in [1.807, 2.05) is 12.1 Å². The zero-order chi connectivity index (χ0) is 26.2. The normalized spacial score (nSPS) is 13.2. The molecule has 0 aliphatic rings. The van der Waals surface area contributed by atoms with E-state index in [0.717, 1.165) is 38.5 Å². The third kappa shape index (κ3) is 12.0. The van der Waals surface area contributed by atoms with Gasteiger partial charge in [0, 0.05) is 5.56 Å². The molecule has 0 saturated heterocycles. The van der Waals surface area contributed by atoms with Gasteiger partial charge in [0.05, 0.1) is 18.4 Å². The van der Waals surface area contributed by atoms with Gasteiger partial charge in [0.25, 0.3) is 0 Å². The summed E-state index contributed by atoms with van der Waals surface area (Å²) in [6, 6.07) is 5.45. The number of ether oxygens (including phenoxy) is 1. The van der Waals surface area contributed by atoms with Gasteiger partial charge in [-0.2, -0.15) is 0 Å². The van der Waals surface area contributed by atoms with E-state index in [9.17, 15) is 19.8 Å². The van der Waals surface area contributed by atoms with Crippen LogP contribution in [-0.2, 0) is 9.59 Å². The first-order chi connectivity index (χ1) is 16.7. The lowest BCUT2D eigenvalue weighted by Crippen LogP contribution is -2.20. The van der Waals surface area contributed by atoms with E-state index < -0.39 is 23.8 Å². The van der Waals surface area contributed by atoms with Crippen LogP contribution in [-0.4, -0.2) is 28.8 Å². The second-order valence-electron chi connectivity index (χ2n) is 10.8. The molecule has 5 nitrogen and oxygen atoms in total. The Morgan fingerprint density at radius 2 is 1.29 bits per heavy atom. The molecule has 1 aromatic carbocycles. The lowest BCUT2D eigenvalue weighted by molar-refractivity contribution is -0.140. The van der Waals surface area contributed by atoms with E-state index in [1.54, 1.807) is 6.07 Å². The zero-order valence-corrected chi connectivity index (χ0v) is 22.9. The highest BCUT2D eigenvalue weighted by Gasteiger charge is 2.31. The fraction of sp³-hybridized carbons (Fsp3) is 0.733. The molecule has 2 unspecified atom stereocenters. The third-order valence-electron chi connectivity index (χ3n) is 6.72. The van der Waals surface area contributed by atoms with Crippen LogP contribution in [0.15, 0.2) is 18.2 Å². The lowest BCUT2D eigenvalue weighted by Gasteiger charge is -2.24. The predicted molar refractivity (Wildman–Crippen MR) is 143 cm³/mol. The molecule has 5 heteroatoms.